The molecule has 2 aromatic carbocycles. The Kier molecular flexibility index (Phi) is 8.79. The number of rotatable bonds is 11. The van der Waals surface area contributed by atoms with Crippen LogP contribution in [-0.2, 0) is 23.0 Å². The lowest BCUT2D eigenvalue weighted by atomic mass is 9.85. The smallest absolute Gasteiger partial charge is 0.231 e. The maximum atomic E-state index is 13.5. The fraction of sp³-hybridized carbons (Fsp3) is 0.483. The van der Waals surface area contributed by atoms with Crippen LogP contribution in [0, 0.1) is 0 Å². The third kappa shape index (κ3) is 6.86. The highest BCUT2D eigenvalue weighted by Gasteiger charge is 2.26. The summed E-state index contributed by atoms with van der Waals surface area (Å²) in [5.41, 5.74) is 4.07. The average Bonchev–Trinajstić information content (AvgIpc) is 3.50. The summed E-state index contributed by atoms with van der Waals surface area (Å²) in [7, 11) is 1.94. The van der Waals surface area contributed by atoms with E-state index in [-0.39, 0.29) is 24.0 Å². The van der Waals surface area contributed by atoms with Gasteiger partial charge in [-0.05, 0) is 41.0 Å². The molecule has 1 aliphatic heterocycles. The Bertz CT molecular complexity index is 1220. The topological polar surface area (TPSA) is 78.3 Å². The number of benzene rings is 2. The molecule has 1 aromatic heterocycles. The average molecular weight is 523 g/mol. The number of para-hydroxylation sites is 1. The van der Waals surface area contributed by atoms with E-state index in [4.69, 9.17) is 9.47 Å². The van der Waals surface area contributed by atoms with Crippen LogP contribution >= 0.6 is 11.8 Å². The molecule has 198 valence electrons. The summed E-state index contributed by atoms with van der Waals surface area (Å²) in [6.07, 6.45) is 6.38. The lowest BCUT2D eigenvalue weighted by Gasteiger charge is -2.25. The summed E-state index contributed by atoms with van der Waals surface area (Å²) < 4.78 is 13.3. The molecule has 0 saturated carbocycles. The normalized spacial score (nSPS) is 13.5. The SMILES string of the molecule is CCCCCC(CC(=O)Nc1cc(CSc2nncn2C)ccc1C(C)(C)C)c1cccc2c1OCO2. The van der Waals surface area contributed by atoms with Crippen molar-refractivity contribution in [1.29, 1.82) is 0 Å². The van der Waals surface area contributed by atoms with Gasteiger partial charge in [-0.2, -0.15) is 0 Å². The molecule has 0 radical (unpaired) electrons. The standard InChI is InChI=1S/C29H38N4O3S/c1-6-7-8-10-21(22-11-9-12-25-27(22)36-19-35-25)16-26(34)31-24-15-20(13-14-23(24)29(2,3)4)17-37-28-32-30-18-33(28)5/h9,11-15,18,21H,6-8,10,16-17,19H2,1-5H3,(H,31,34). The van der Waals surface area contributed by atoms with Gasteiger partial charge in [-0.3, -0.25) is 4.79 Å². The number of nitrogens with zero attached hydrogens (tertiary/aromatic N) is 3. The van der Waals surface area contributed by atoms with Gasteiger partial charge in [-0.15, -0.1) is 10.2 Å². The van der Waals surface area contributed by atoms with Crippen molar-refractivity contribution >= 4 is 23.4 Å². The van der Waals surface area contributed by atoms with E-state index >= 15 is 0 Å². The third-order valence-corrected chi connectivity index (χ3v) is 7.76. The van der Waals surface area contributed by atoms with Gasteiger partial charge in [0, 0.05) is 30.5 Å². The van der Waals surface area contributed by atoms with Crippen molar-refractivity contribution in [2.75, 3.05) is 12.1 Å². The first-order valence-electron chi connectivity index (χ1n) is 13.0. The Labute approximate surface area is 224 Å². The van der Waals surface area contributed by atoms with Gasteiger partial charge >= 0.3 is 0 Å². The molecule has 4 rings (SSSR count). The predicted octanol–water partition coefficient (Wildman–Crippen LogP) is 6.83. The number of anilines is 1. The molecule has 1 aliphatic rings. The van der Waals surface area contributed by atoms with E-state index in [0.717, 1.165) is 70.5 Å². The Morgan fingerprint density at radius 3 is 2.76 bits per heavy atom. The highest BCUT2D eigenvalue weighted by molar-refractivity contribution is 7.98. The molecule has 7 nitrogen and oxygen atoms in total. The lowest BCUT2D eigenvalue weighted by Crippen LogP contribution is -2.20. The molecule has 1 N–H and O–H groups in total. The fourth-order valence-electron chi connectivity index (χ4n) is 4.70. The number of hydrogen-bond donors (Lipinski definition) is 1. The summed E-state index contributed by atoms with van der Waals surface area (Å²) in [5, 5.41) is 12.2. The number of aromatic nitrogens is 3. The molecule has 0 fully saturated rings. The number of fused-ring (bicyclic) bond motifs is 1. The summed E-state index contributed by atoms with van der Waals surface area (Å²) in [5.74, 6) is 2.38. The molecule has 1 amide bonds. The van der Waals surface area contributed by atoms with Gasteiger partial charge in [0.25, 0.3) is 0 Å². The maximum absolute atomic E-state index is 13.5. The molecule has 0 spiro atoms. The van der Waals surface area contributed by atoms with Crippen LogP contribution < -0.4 is 14.8 Å². The number of carbonyl (C=O) groups excluding carboxylic acids is 1. The number of amides is 1. The minimum atomic E-state index is -0.107. The van der Waals surface area contributed by atoms with Gasteiger partial charge in [0.1, 0.15) is 6.33 Å². The second-order valence-corrected chi connectivity index (χ2v) is 11.6. The second-order valence-electron chi connectivity index (χ2n) is 10.7. The molecule has 0 saturated heterocycles. The summed E-state index contributed by atoms with van der Waals surface area (Å²) in [6, 6.07) is 12.4. The zero-order chi connectivity index (χ0) is 26.4. The van der Waals surface area contributed by atoms with Crippen LogP contribution in [-0.4, -0.2) is 27.5 Å². The Morgan fingerprint density at radius 1 is 1.19 bits per heavy atom. The van der Waals surface area contributed by atoms with Crippen LogP contribution in [0.2, 0.25) is 0 Å². The summed E-state index contributed by atoms with van der Waals surface area (Å²) >= 11 is 1.63. The van der Waals surface area contributed by atoms with Crippen molar-refractivity contribution in [2.45, 2.75) is 82.0 Å². The first-order chi connectivity index (χ1) is 17.8. The molecule has 37 heavy (non-hydrogen) atoms. The molecule has 2 heterocycles. The molecule has 1 unspecified atom stereocenters. The highest BCUT2D eigenvalue weighted by atomic mass is 32.2. The van der Waals surface area contributed by atoms with Crippen LogP contribution in [0.5, 0.6) is 11.5 Å². The van der Waals surface area contributed by atoms with E-state index < -0.39 is 0 Å². The van der Waals surface area contributed by atoms with Crippen molar-refractivity contribution in [3.8, 4) is 11.5 Å². The van der Waals surface area contributed by atoms with Crippen molar-refractivity contribution < 1.29 is 14.3 Å². The zero-order valence-electron chi connectivity index (χ0n) is 22.5. The maximum Gasteiger partial charge on any atom is 0.231 e. The van der Waals surface area contributed by atoms with Gasteiger partial charge in [0.05, 0.1) is 0 Å². The number of hydrogen-bond acceptors (Lipinski definition) is 6. The summed E-state index contributed by atoms with van der Waals surface area (Å²) in [6.45, 7) is 8.94. The van der Waals surface area contributed by atoms with Crippen LogP contribution in [0.15, 0.2) is 47.9 Å². The Balaban J connectivity index is 1.53. The number of nitrogens with one attached hydrogen (secondary N) is 1. The number of unbranched alkanes of at least 4 members (excludes halogenated alkanes) is 2. The zero-order valence-corrected chi connectivity index (χ0v) is 23.4. The second kappa shape index (κ2) is 12.0. The number of ether oxygens (including phenoxy) is 2. The fourth-order valence-corrected chi connectivity index (χ4v) is 5.53. The van der Waals surface area contributed by atoms with Crippen LogP contribution in [0.25, 0.3) is 0 Å². The largest absolute Gasteiger partial charge is 0.454 e. The van der Waals surface area contributed by atoms with Crippen molar-refractivity contribution in [3.05, 3.63) is 59.4 Å². The van der Waals surface area contributed by atoms with Gasteiger partial charge < -0.3 is 19.4 Å². The molecular formula is C29H38N4O3S. The van der Waals surface area contributed by atoms with Crippen LogP contribution in [0.4, 0.5) is 5.69 Å². The van der Waals surface area contributed by atoms with E-state index in [0.29, 0.717) is 6.42 Å². The molecule has 0 aliphatic carbocycles. The summed E-state index contributed by atoms with van der Waals surface area (Å²) in [4.78, 5) is 13.5. The van der Waals surface area contributed by atoms with E-state index in [1.807, 2.05) is 23.7 Å². The first-order valence-corrected chi connectivity index (χ1v) is 14.0. The molecular weight excluding hydrogens is 484 g/mol. The molecule has 1 atom stereocenters. The minimum Gasteiger partial charge on any atom is -0.454 e. The van der Waals surface area contributed by atoms with E-state index in [2.05, 4.69) is 67.5 Å². The Morgan fingerprint density at radius 2 is 2.03 bits per heavy atom. The van der Waals surface area contributed by atoms with Crippen molar-refractivity contribution in [2.24, 2.45) is 7.05 Å². The molecule has 0 bridgehead atoms. The van der Waals surface area contributed by atoms with E-state index in [1.165, 1.54) is 0 Å². The van der Waals surface area contributed by atoms with Gasteiger partial charge in [-0.1, -0.05) is 83.0 Å². The number of aryl methyl sites for hydroxylation is 1. The van der Waals surface area contributed by atoms with Gasteiger partial charge in [0.15, 0.2) is 16.7 Å². The van der Waals surface area contributed by atoms with Crippen molar-refractivity contribution in [1.82, 2.24) is 14.8 Å². The minimum absolute atomic E-state index is 0.0154. The quantitative estimate of drug-likeness (QED) is 0.220. The highest BCUT2D eigenvalue weighted by Crippen LogP contribution is 2.42. The first kappa shape index (κ1) is 27.0. The number of thioether (sulfide) groups is 1. The van der Waals surface area contributed by atoms with E-state index in [1.54, 1.807) is 18.1 Å². The van der Waals surface area contributed by atoms with Crippen LogP contribution in [0.3, 0.4) is 0 Å². The van der Waals surface area contributed by atoms with Crippen LogP contribution in [0.1, 0.15) is 82.4 Å². The Hall–Kier alpha value is -3.00. The van der Waals surface area contributed by atoms with Gasteiger partial charge in [0.2, 0.25) is 12.7 Å². The predicted molar refractivity (Wildman–Crippen MR) is 148 cm³/mol. The van der Waals surface area contributed by atoms with E-state index in [9.17, 15) is 4.79 Å². The molecule has 3 aromatic rings. The van der Waals surface area contributed by atoms with Crippen molar-refractivity contribution in [3.63, 3.8) is 0 Å². The molecule has 8 heteroatoms. The lowest BCUT2D eigenvalue weighted by molar-refractivity contribution is -0.116. The number of carbonyl (C=O) groups is 1. The van der Waals surface area contributed by atoms with Gasteiger partial charge in [-0.25, -0.2) is 0 Å². The third-order valence-electron chi connectivity index (χ3n) is 6.66. The monoisotopic (exact) mass is 522 g/mol.